The van der Waals surface area contributed by atoms with Crippen LogP contribution in [-0.4, -0.2) is 84.9 Å². The predicted octanol–water partition coefficient (Wildman–Crippen LogP) is 3.06. The topological polar surface area (TPSA) is 108 Å². The highest BCUT2D eigenvalue weighted by atomic mass is 16.2. The van der Waals surface area contributed by atoms with Crippen molar-refractivity contribution in [1.29, 1.82) is 0 Å². The van der Waals surface area contributed by atoms with Gasteiger partial charge in [-0.15, -0.1) is 0 Å². The smallest absolute Gasteiger partial charge is 0.252 e. The molecular formula is C31H35N7O2. The second-order valence-corrected chi connectivity index (χ2v) is 10.5. The van der Waals surface area contributed by atoms with Crippen LogP contribution in [0.1, 0.15) is 15.9 Å². The summed E-state index contributed by atoms with van der Waals surface area (Å²) in [4.78, 5) is 41.4. The minimum Gasteiger partial charge on any atom is -0.368 e. The van der Waals surface area contributed by atoms with E-state index in [2.05, 4.69) is 44.3 Å². The number of nitrogens with one attached hydrogen (secondary N) is 1. The zero-order chi connectivity index (χ0) is 28.2. The number of amides is 2. The Hall–Kier alpha value is -4.50. The molecule has 0 bridgehead atoms. The molecule has 0 saturated carbocycles. The largest absolute Gasteiger partial charge is 0.368 e. The number of carbonyl (C=O) groups excluding carboxylic acids is 2. The van der Waals surface area contributed by atoms with Crippen molar-refractivity contribution in [3.63, 3.8) is 0 Å². The third kappa shape index (κ3) is 6.05. The van der Waals surface area contributed by atoms with Crippen LogP contribution in [0.3, 0.4) is 0 Å². The van der Waals surface area contributed by atoms with Crippen molar-refractivity contribution < 1.29 is 9.59 Å². The average molecular weight is 538 g/mol. The van der Waals surface area contributed by atoms with Crippen molar-refractivity contribution >= 4 is 34.5 Å². The number of fused-ring (bicyclic) bond motifs is 1. The Balaban J connectivity index is 1.36. The van der Waals surface area contributed by atoms with Gasteiger partial charge in [0.15, 0.2) is 0 Å². The standard InChI is InChI=1S/C31H35N7O2/c1-36(2)30(40)27(19-21-9-11-23(12-10-21)22-7-5-4-6-8-22)33-29(39)24-13-14-25-26(20-24)34-31(32)35-28(25)38-17-15-37(3)16-18-38/h4-14,20,27H,15-19H2,1-3H3,(H,33,39)(H2,32,34,35). The van der Waals surface area contributed by atoms with Gasteiger partial charge in [0.2, 0.25) is 11.9 Å². The number of aromatic nitrogens is 2. The number of rotatable bonds is 7. The molecule has 206 valence electrons. The van der Waals surface area contributed by atoms with Gasteiger partial charge in [0.1, 0.15) is 11.9 Å². The molecule has 4 aromatic rings. The minimum atomic E-state index is -0.725. The van der Waals surface area contributed by atoms with Gasteiger partial charge in [-0.1, -0.05) is 54.6 Å². The summed E-state index contributed by atoms with van der Waals surface area (Å²) in [6.07, 6.45) is 0.369. The summed E-state index contributed by atoms with van der Waals surface area (Å²) in [6, 6.07) is 22.8. The first kappa shape index (κ1) is 27.1. The molecule has 9 nitrogen and oxygen atoms in total. The third-order valence-corrected chi connectivity index (χ3v) is 7.30. The van der Waals surface area contributed by atoms with Gasteiger partial charge in [-0.2, -0.15) is 4.98 Å². The van der Waals surface area contributed by atoms with Crippen molar-refractivity contribution in [2.24, 2.45) is 0 Å². The third-order valence-electron chi connectivity index (χ3n) is 7.30. The second-order valence-electron chi connectivity index (χ2n) is 10.5. The number of hydrogen-bond acceptors (Lipinski definition) is 7. The molecule has 40 heavy (non-hydrogen) atoms. The summed E-state index contributed by atoms with van der Waals surface area (Å²) in [5, 5.41) is 3.79. The minimum absolute atomic E-state index is 0.165. The van der Waals surface area contributed by atoms with Gasteiger partial charge in [-0.05, 0) is 41.9 Å². The van der Waals surface area contributed by atoms with Gasteiger partial charge in [0.05, 0.1) is 5.52 Å². The van der Waals surface area contributed by atoms with Crippen LogP contribution in [0.15, 0.2) is 72.8 Å². The Bertz CT molecular complexity index is 1500. The predicted molar refractivity (Wildman–Crippen MR) is 159 cm³/mol. The van der Waals surface area contributed by atoms with E-state index in [1.54, 1.807) is 26.2 Å². The first-order chi connectivity index (χ1) is 19.3. The van der Waals surface area contributed by atoms with E-state index in [-0.39, 0.29) is 17.8 Å². The van der Waals surface area contributed by atoms with E-state index in [0.717, 1.165) is 54.1 Å². The molecule has 9 heteroatoms. The molecule has 1 fully saturated rings. The second kappa shape index (κ2) is 11.7. The Labute approximate surface area is 234 Å². The number of carbonyl (C=O) groups is 2. The van der Waals surface area contributed by atoms with Crippen LogP contribution in [-0.2, 0) is 11.2 Å². The van der Waals surface area contributed by atoms with E-state index in [4.69, 9.17) is 5.73 Å². The van der Waals surface area contributed by atoms with Crippen molar-refractivity contribution in [3.05, 3.63) is 83.9 Å². The van der Waals surface area contributed by atoms with Gasteiger partial charge >= 0.3 is 0 Å². The van der Waals surface area contributed by atoms with E-state index in [0.29, 0.717) is 17.5 Å². The van der Waals surface area contributed by atoms with Crippen LogP contribution < -0.4 is 16.0 Å². The summed E-state index contributed by atoms with van der Waals surface area (Å²) in [5.74, 6) is 0.423. The molecule has 1 aliphatic heterocycles. The maximum absolute atomic E-state index is 13.4. The maximum Gasteiger partial charge on any atom is 0.252 e. The molecule has 1 aromatic heterocycles. The monoisotopic (exact) mass is 537 g/mol. The van der Waals surface area contributed by atoms with E-state index in [1.807, 2.05) is 48.5 Å². The van der Waals surface area contributed by atoms with Crippen LogP contribution >= 0.6 is 0 Å². The molecular weight excluding hydrogens is 502 g/mol. The molecule has 0 aliphatic carbocycles. The Morgan fingerprint density at radius 1 is 0.925 bits per heavy atom. The highest BCUT2D eigenvalue weighted by Crippen LogP contribution is 2.27. The Kier molecular flexibility index (Phi) is 7.93. The normalized spacial score (nSPS) is 14.6. The molecule has 3 N–H and O–H groups in total. The van der Waals surface area contributed by atoms with Crippen LogP contribution in [0.5, 0.6) is 0 Å². The fourth-order valence-electron chi connectivity index (χ4n) is 4.98. The quantitative estimate of drug-likeness (QED) is 0.373. The van der Waals surface area contributed by atoms with Crippen molar-refractivity contribution in [3.8, 4) is 11.1 Å². The van der Waals surface area contributed by atoms with Gasteiger partial charge < -0.3 is 25.8 Å². The number of benzene rings is 3. The lowest BCUT2D eigenvalue weighted by atomic mass is 10.00. The van der Waals surface area contributed by atoms with E-state index in [9.17, 15) is 9.59 Å². The lowest BCUT2D eigenvalue weighted by Gasteiger charge is -2.33. The first-order valence-electron chi connectivity index (χ1n) is 13.5. The first-order valence-corrected chi connectivity index (χ1v) is 13.5. The number of likely N-dealkylation sites (N-methyl/N-ethyl adjacent to an activating group) is 2. The summed E-state index contributed by atoms with van der Waals surface area (Å²) >= 11 is 0. The highest BCUT2D eigenvalue weighted by Gasteiger charge is 2.24. The molecule has 2 amide bonds. The van der Waals surface area contributed by atoms with E-state index in [1.165, 1.54) is 4.90 Å². The number of anilines is 2. The molecule has 5 rings (SSSR count). The number of hydrogen-bond donors (Lipinski definition) is 2. The van der Waals surface area contributed by atoms with Gasteiger partial charge in [-0.3, -0.25) is 9.59 Å². The summed E-state index contributed by atoms with van der Waals surface area (Å²) in [6.45, 7) is 3.54. The van der Waals surface area contributed by atoms with Crippen LogP contribution in [0, 0.1) is 0 Å². The number of nitrogens with two attached hydrogens (primary N) is 1. The highest BCUT2D eigenvalue weighted by molar-refractivity contribution is 6.02. The molecule has 0 spiro atoms. The number of piperazine rings is 1. The van der Waals surface area contributed by atoms with Crippen LogP contribution in [0.25, 0.3) is 22.0 Å². The average Bonchev–Trinajstić information content (AvgIpc) is 2.96. The van der Waals surface area contributed by atoms with E-state index >= 15 is 0 Å². The Morgan fingerprint density at radius 3 is 2.27 bits per heavy atom. The molecule has 0 radical (unpaired) electrons. The molecule has 1 unspecified atom stereocenters. The SMILES string of the molecule is CN1CCN(c2nc(N)nc3cc(C(=O)NC(Cc4ccc(-c5ccccc5)cc4)C(=O)N(C)C)ccc23)CC1. The summed E-state index contributed by atoms with van der Waals surface area (Å²) in [5.41, 5.74) is 10.2. The molecule has 1 saturated heterocycles. The lowest BCUT2D eigenvalue weighted by molar-refractivity contribution is -0.130. The van der Waals surface area contributed by atoms with Gasteiger partial charge in [-0.25, -0.2) is 4.98 Å². The van der Waals surface area contributed by atoms with Crippen molar-refractivity contribution in [2.45, 2.75) is 12.5 Å². The van der Waals surface area contributed by atoms with Gasteiger partial charge in [0, 0.05) is 57.6 Å². The molecule has 2 heterocycles. The molecule has 3 aromatic carbocycles. The van der Waals surface area contributed by atoms with E-state index < -0.39 is 6.04 Å². The zero-order valence-corrected chi connectivity index (χ0v) is 23.2. The lowest BCUT2D eigenvalue weighted by Crippen LogP contribution is -2.47. The molecule has 1 aliphatic rings. The number of nitrogens with zero attached hydrogens (tertiary/aromatic N) is 5. The van der Waals surface area contributed by atoms with Crippen LogP contribution in [0.4, 0.5) is 11.8 Å². The van der Waals surface area contributed by atoms with Gasteiger partial charge in [0.25, 0.3) is 5.91 Å². The van der Waals surface area contributed by atoms with Crippen molar-refractivity contribution in [2.75, 3.05) is 58.0 Å². The number of nitrogen functional groups attached to an aromatic ring is 1. The fraction of sp³-hybridized carbons (Fsp3) is 0.290. The van der Waals surface area contributed by atoms with Crippen LogP contribution in [0.2, 0.25) is 0 Å². The summed E-state index contributed by atoms with van der Waals surface area (Å²) in [7, 11) is 5.48. The van der Waals surface area contributed by atoms with Crippen molar-refractivity contribution in [1.82, 2.24) is 25.1 Å². The molecule has 1 atom stereocenters. The zero-order valence-electron chi connectivity index (χ0n) is 23.2. The fourth-order valence-corrected chi connectivity index (χ4v) is 4.98. The Morgan fingerprint density at radius 2 is 1.60 bits per heavy atom. The summed E-state index contributed by atoms with van der Waals surface area (Å²) < 4.78 is 0. The maximum atomic E-state index is 13.4.